The summed E-state index contributed by atoms with van der Waals surface area (Å²) in [5.74, 6) is 1.07. The van der Waals surface area contributed by atoms with Gasteiger partial charge >= 0.3 is 0 Å². The number of hydrogen-bond acceptors (Lipinski definition) is 2. The zero-order valence-electron chi connectivity index (χ0n) is 10.0. The van der Waals surface area contributed by atoms with E-state index in [-0.39, 0.29) is 5.41 Å². The highest BCUT2D eigenvalue weighted by atomic mass is 16.5. The molecule has 1 saturated carbocycles. The molecule has 0 bridgehead atoms. The van der Waals surface area contributed by atoms with Crippen LogP contribution in [0.15, 0.2) is 0 Å². The molecule has 3 nitrogen and oxygen atoms in total. The molecule has 0 heterocycles. The maximum Gasteiger partial charge on any atom is 0.0911 e. The standard InChI is InChI=1S/C12H24N2O/c1-10(2)4-3-7-15-9-12(5-6-12)8-11(13)14/h10H,3-9H2,1-2H3,(H3,13,14). The number of hydrogen-bond donors (Lipinski definition) is 2. The van der Waals surface area contributed by atoms with Gasteiger partial charge in [0.1, 0.15) is 0 Å². The number of ether oxygens (including phenoxy) is 1. The van der Waals surface area contributed by atoms with E-state index in [0.29, 0.717) is 5.84 Å². The molecule has 0 aromatic heterocycles. The van der Waals surface area contributed by atoms with E-state index >= 15 is 0 Å². The third-order valence-electron chi connectivity index (χ3n) is 3.00. The summed E-state index contributed by atoms with van der Waals surface area (Å²) in [6.07, 6.45) is 5.46. The Morgan fingerprint density at radius 1 is 1.47 bits per heavy atom. The maximum atomic E-state index is 7.28. The van der Waals surface area contributed by atoms with Gasteiger partial charge in [0.05, 0.1) is 12.4 Å². The van der Waals surface area contributed by atoms with Crippen molar-refractivity contribution in [3.8, 4) is 0 Å². The Labute approximate surface area is 92.9 Å². The van der Waals surface area contributed by atoms with Crippen LogP contribution in [-0.2, 0) is 4.74 Å². The minimum atomic E-state index is 0.240. The van der Waals surface area contributed by atoms with Crippen LogP contribution in [-0.4, -0.2) is 19.0 Å². The van der Waals surface area contributed by atoms with Gasteiger partial charge < -0.3 is 10.5 Å². The summed E-state index contributed by atoms with van der Waals surface area (Å²) >= 11 is 0. The zero-order valence-corrected chi connectivity index (χ0v) is 10.0. The Balaban J connectivity index is 2.02. The lowest BCUT2D eigenvalue weighted by Gasteiger charge is -2.14. The first-order valence-corrected chi connectivity index (χ1v) is 5.95. The van der Waals surface area contributed by atoms with Crippen LogP contribution in [0.5, 0.6) is 0 Å². The van der Waals surface area contributed by atoms with Crippen molar-refractivity contribution in [1.82, 2.24) is 0 Å². The van der Waals surface area contributed by atoms with Gasteiger partial charge in [0.25, 0.3) is 0 Å². The van der Waals surface area contributed by atoms with E-state index in [9.17, 15) is 0 Å². The second-order valence-electron chi connectivity index (χ2n) is 5.29. The summed E-state index contributed by atoms with van der Waals surface area (Å²) in [5, 5.41) is 7.28. The number of amidine groups is 1. The first-order valence-electron chi connectivity index (χ1n) is 5.95. The Hall–Kier alpha value is -0.570. The van der Waals surface area contributed by atoms with Crippen molar-refractivity contribution in [1.29, 1.82) is 5.41 Å². The van der Waals surface area contributed by atoms with Gasteiger partial charge in [0.2, 0.25) is 0 Å². The molecular weight excluding hydrogens is 188 g/mol. The fourth-order valence-corrected chi connectivity index (χ4v) is 1.84. The van der Waals surface area contributed by atoms with Gasteiger partial charge in [-0.1, -0.05) is 13.8 Å². The van der Waals surface area contributed by atoms with Gasteiger partial charge in [-0.3, -0.25) is 5.41 Å². The molecule has 1 aliphatic rings. The Kier molecular flexibility index (Phi) is 4.58. The largest absolute Gasteiger partial charge is 0.388 e. The zero-order chi connectivity index (χ0) is 11.3. The van der Waals surface area contributed by atoms with Gasteiger partial charge in [-0.15, -0.1) is 0 Å². The summed E-state index contributed by atoms with van der Waals surface area (Å²) in [6, 6.07) is 0. The van der Waals surface area contributed by atoms with E-state index in [2.05, 4.69) is 13.8 Å². The minimum Gasteiger partial charge on any atom is -0.388 e. The fourth-order valence-electron chi connectivity index (χ4n) is 1.84. The molecule has 0 atom stereocenters. The average molecular weight is 212 g/mol. The molecule has 0 aromatic rings. The molecule has 0 saturated heterocycles. The van der Waals surface area contributed by atoms with Gasteiger partial charge in [-0.2, -0.15) is 0 Å². The first kappa shape index (κ1) is 12.5. The van der Waals surface area contributed by atoms with E-state index in [1.807, 2.05) is 0 Å². The van der Waals surface area contributed by atoms with Crippen molar-refractivity contribution in [2.45, 2.75) is 46.0 Å². The van der Waals surface area contributed by atoms with E-state index in [4.69, 9.17) is 15.9 Å². The number of nitrogens with two attached hydrogens (primary N) is 1. The molecule has 0 aliphatic heterocycles. The second-order valence-corrected chi connectivity index (χ2v) is 5.29. The van der Waals surface area contributed by atoms with Crippen LogP contribution in [0.1, 0.15) is 46.0 Å². The van der Waals surface area contributed by atoms with Crippen LogP contribution in [0, 0.1) is 16.7 Å². The highest BCUT2D eigenvalue weighted by Gasteiger charge is 2.43. The summed E-state index contributed by atoms with van der Waals surface area (Å²) in [4.78, 5) is 0. The Morgan fingerprint density at radius 2 is 2.13 bits per heavy atom. The molecule has 88 valence electrons. The van der Waals surface area contributed by atoms with Crippen molar-refractivity contribution < 1.29 is 4.74 Å². The SMILES string of the molecule is CC(C)CCCOCC1(CC(=N)N)CC1. The highest BCUT2D eigenvalue weighted by Crippen LogP contribution is 2.48. The minimum absolute atomic E-state index is 0.240. The third kappa shape index (κ3) is 5.17. The van der Waals surface area contributed by atoms with Gasteiger partial charge in [0, 0.05) is 18.4 Å². The predicted molar refractivity (Wildman–Crippen MR) is 63.1 cm³/mol. The van der Waals surface area contributed by atoms with E-state index < -0.39 is 0 Å². The smallest absolute Gasteiger partial charge is 0.0911 e. The van der Waals surface area contributed by atoms with Gasteiger partial charge in [-0.05, 0) is 31.6 Å². The monoisotopic (exact) mass is 212 g/mol. The van der Waals surface area contributed by atoms with Gasteiger partial charge in [0.15, 0.2) is 0 Å². The molecule has 0 radical (unpaired) electrons. The molecule has 1 aliphatic carbocycles. The average Bonchev–Trinajstić information content (AvgIpc) is 2.83. The van der Waals surface area contributed by atoms with Crippen molar-refractivity contribution in [3.05, 3.63) is 0 Å². The molecule has 0 amide bonds. The summed E-state index contributed by atoms with van der Waals surface area (Å²) < 4.78 is 5.66. The Morgan fingerprint density at radius 3 is 2.60 bits per heavy atom. The topological polar surface area (TPSA) is 59.1 Å². The van der Waals surface area contributed by atoms with Crippen molar-refractivity contribution in [2.75, 3.05) is 13.2 Å². The van der Waals surface area contributed by atoms with E-state index in [1.54, 1.807) is 0 Å². The van der Waals surface area contributed by atoms with E-state index in [0.717, 1.165) is 32.0 Å². The second kappa shape index (κ2) is 5.50. The summed E-state index contributed by atoms with van der Waals surface area (Å²) in [6.45, 7) is 6.12. The van der Waals surface area contributed by atoms with Gasteiger partial charge in [-0.25, -0.2) is 0 Å². The highest BCUT2D eigenvalue weighted by molar-refractivity contribution is 5.78. The summed E-state index contributed by atoms with van der Waals surface area (Å²) in [5.41, 5.74) is 5.66. The lowest BCUT2D eigenvalue weighted by Crippen LogP contribution is -2.20. The number of nitrogens with one attached hydrogen (secondary N) is 1. The maximum absolute atomic E-state index is 7.28. The third-order valence-corrected chi connectivity index (χ3v) is 3.00. The molecule has 0 spiro atoms. The summed E-state index contributed by atoms with van der Waals surface area (Å²) in [7, 11) is 0. The molecule has 0 aromatic carbocycles. The normalized spacial score (nSPS) is 18.1. The van der Waals surface area contributed by atoms with Crippen LogP contribution in [0.2, 0.25) is 0 Å². The molecule has 3 heteroatoms. The Bertz CT molecular complexity index is 210. The van der Waals surface area contributed by atoms with Crippen LogP contribution >= 0.6 is 0 Å². The quantitative estimate of drug-likeness (QED) is 0.369. The van der Waals surface area contributed by atoms with Crippen LogP contribution in [0.25, 0.3) is 0 Å². The van der Waals surface area contributed by atoms with E-state index in [1.165, 1.54) is 19.3 Å². The molecule has 1 fully saturated rings. The van der Waals surface area contributed by atoms with Crippen LogP contribution in [0.3, 0.4) is 0 Å². The molecule has 15 heavy (non-hydrogen) atoms. The lowest BCUT2D eigenvalue weighted by molar-refractivity contribution is 0.0878. The van der Waals surface area contributed by atoms with Crippen LogP contribution < -0.4 is 5.73 Å². The van der Waals surface area contributed by atoms with Crippen molar-refractivity contribution >= 4 is 5.84 Å². The predicted octanol–water partition coefficient (Wildman–Crippen LogP) is 2.55. The molecule has 1 rings (SSSR count). The van der Waals surface area contributed by atoms with Crippen LogP contribution in [0.4, 0.5) is 0 Å². The molecular formula is C12H24N2O. The number of rotatable bonds is 8. The lowest BCUT2D eigenvalue weighted by atomic mass is 10.0. The van der Waals surface area contributed by atoms with Crippen molar-refractivity contribution in [3.63, 3.8) is 0 Å². The van der Waals surface area contributed by atoms with Crippen molar-refractivity contribution in [2.24, 2.45) is 17.1 Å². The fraction of sp³-hybridized carbons (Fsp3) is 0.917. The first-order chi connectivity index (χ1) is 7.04. The molecule has 0 unspecified atom stereocenters. The molecule has 3 N–H and O–H groups in total.